The third-order valence-electron chi connectivity index (χ3n) is 8.88. The molecule has 0 spiro atoms. The first-order valence-corrected chi connectivity index (χ1v) is 18.3. The van der Waals surface area contributed by atoms with Crippen LogP contribution in [0, 0.1) is 10.1 Å². The molecular formula is C40H39ClN8O7. The molecule has 2 N–H and O–H groups in total. The van der Waals surface area contributed by atoms with Crippen molar-refractivity contribution in [2.24, 2.45) is 0 Å². The minimum atomic E-state index is -1.09. The molecule has 6 rings (SSSR count). The van der Waals surface area contributed by atoms with Gasteiger partial charge in [0, 0.05) is 24.9 Å². The maximum atomic E-state index is 13.4. The molecule has 2 aromatic heterocycles. The maximum absolute atomic E-state index is 13.4. The van der Waals surface area contributed by atoms with Crippen LogP contribution in [0.3, 0.4) is 0 Å². The SMILES string of the molecule is CCCCc1nc(Cl)c(COC(=O)NC(Cc2ccccc2)C(=O)OCc2cccc(CO[N+](=O)[O-])c2)n1Cc1ccc(-c2ccccc2-c2nn[nH]n2)cc1. The third-order valence-corrected chi connectivity index (χ3v) is 9.19. The van der Waals surface area contributed by atoms with E-state index >= 15 is 0 Å². The number of unbranched alkanes of at least 4 members (excludes halogenated alkanes) is 1. The van der Waals surface area contributed by atoms with E-state index in [1.54, 1.807) is 24.3 Å². The fraction of sp³-hybridized carbons (Fsp3) is 0.250. The fourth-order valence-corrected chi connectivity index (χ4v) is 6.34. The Morgan fingerprint density at radius 3 is 2.30 bits per heavy atom. The molecule has 6 aromatic rings. The van der Waals surface area contributed by atoms with Crippen LogP contribution in [0.25, 0.3) is 22.5 Å². The average molecular weight is 779 g/mol. The van der Waals surface area contributed by atoms with E-state index in [4.69, 9.17) is 21.1 Å². The molecule has 1 atom stereocenters. The van der Waals surface area contributed by atoms with Crippen molar-refractivity contribution in [1.29, 1.82) is 0 Å². The predicted molar refractivity (Wildman–Crippen MR) is 205 cm³/mol. The quantitative estimate of drug-likeness (QED) is 0.0516. The van der Waals surface area contributed by atoms with Crippen molar-refractivity contribution in [3.8, 4) is 22.5 Å². The number of amides is 1. The van der Waals surface area contributed by atoms with E-state index in [9.17, 15) is 19.7 Å². The number of carbonyl (C=O) groups excluding carboxylic acids is 2. The summed E-state index contributed by atoms with van der Waals surface area (Å²) in [6.07, 6.45) is 1.81. The maximum Gasteiger partial charge on any atom is 0.408 e. The molecule has 288 valence electrons. The molecule has 4 aromatic carbocycles. The molecule has 2 heterocycles. The van der Waals surface area contributed by atoms with Crippen molar-refractivity contribution < 1.29 is 29.0 Å². The van der Waals surface area contributed by atoms with E-state index in [-0.39, 0.29) is 31.4 Å². The van der Waals surface area contributed by atoms with Gasteiger partial charge < -0.3 is 24.2 Å². The van der Waals surface area contributed by atoms with E-state index in [1.165, 1.54) is 0 Å². The van der Waals surface area contributed by atoms with Crippen LogP contribution in [0.5, 0.6) is 0 Å². The Morgan fingerprint density at radius 2 is 1.59 bits per heavy atom. The standard InChI is InChI=1S/C40H39ClN8O7/c1-2-3-16-36-43-37(41)35(48(36)23-28-17-19-31(20-18-28)32-14-7-8-15-33(32)38-44-46-47-45-38)26-55-40(51)42-34(22-27-10-5-4-6-11-27)39(50)54-24-29-12-9-13-30(21-29)25-56-49(52)53/h4-15,17-21,34H,2-3,16,22-26H2,1H3,(H,42,51)(H,44,45,46,47). The number of benzene rings is 4. The molecule has 56 heavy (non-hydrogen) atoms. The highest BCUT2D eigenvalue weighted by molar-refractivity contribution is 6.30. The zero-order chi connectivity index (χ0) is 39.3. The predicted octanol–water partition coefficient (Wildman–Crippen LogP) is 7.06. The van der Waals surface area contributed by atoms with Gasteiger partial charge in [0.1, 0.15) is 31.7 Å². The number of hydrogen-bond donors (Lipinski definition) is 2. The molecule has 0 fully saturated rings. The number of aromatic nitrogens is 6. The number of H-pyrrole nitrogens is 1. The summed E-state index contributed by atoms with van der Waals surface area (Å²) in [5.74, 6) is 0.578. The summed E-state index contributed by atoms with van der Waals surface area (Å²) in [6.45, 7) is 1.94. The number of halogens is 1. The van der Waals surface area contributed by atoms with Crippen molar-refractivity contribution >= 4 is 23.7 Å². The van der Waals surface area contributed by atoms with Crippen molar-refractivity contribution in [3.05, 3.63) is 152 Å². The minimum absolute atomic E-state index is 0.130. The lowest BCUT2D eigenvalue weighted by Gasteiger charge is -2.18. The van der Waals surface area contributed by atoms with Gasteiger partial charge in [-0.05, 0) is 45.0 Å². The van der Waals surface area contributed by atoms with E-state index in [0.29, 0.717) is 35.6 Å². The zero-order valence-corrected chi connectivity index (χ0v) is 31.2. The van der Waals surface area contributed by atoms with Gasteiger partial charge in [0.15, 0.2) is 5.15 Å². The van der Waals surface area contributed by atoms with Crippen molar-refractivity contribution in [3.63, 3.8) is 0 Å². The monoisotopic (exact) mass is 778 g/mol. The first-order valence-electron chi connectivity index (χ1n) is 17.9. The molecule has 0 aliphatic carbocycles. The number of aryl methyl sites for hydroxylation is 1. The highest BCUT2D eigenvalue weighted by Gasteiger charge is 2.25. The first kappa shape index (κ1) is 39.1. The number of rotatable bonds is 18. The molecule has 15 nitrogen and oxygen atoms in total. The summed E-state index contributed by atoms with van der Waals surface area (Å²) in [6, 6.07) is 30.7. The van der Waals surface area contributed by atoms with E-state index in [1.807, 2.05) is 83.4 Å². The summed E-state index contributed by atoms with van der Waals surface area (Å²) in [5, 5.41) is 27.1. The molecule has 16 heteroatoms. The highest BCUT2D eigenvalue weighted by Crippen LogP contribution is 2.30. The Balaban J connectivity index is 1.14. The van der Waals surface area contributed by atoms with E-state index in [0.717, 1.165) is 46.5 Å². The van der Waals surface area contributed by atoms with E-state index < -0.39 is 23.2 Å². The van der Waals surface area contributed by atoms with Crippen LogP contribution < -0.4 is 5.32 Å². The second-order valence-electron chi connectivity index (χ2n) is 12.8. The van der Waals surface area contributed by atoms with Crippen LogP contribution in [0.4, 0.5) is 4.79 Å². The number of imidazole rings is 1. The molecule has 0 radical (unpaired) electrons. The van der Waals surface area contributed by atoms with Crippen molar-refractivity contribution in [1.82, 2.24) is 35.5 Å². The van der Waals surface area contributed by atoms with Gasteiger partial charge in [0.05, 0.1) is 5.69 Å². The van der Waals surface area contributed by atoms with Crippen molar-refractivity contribution in [2.45, 2.75) is 65.0 Å². The Kier molecular flexibility index (Phi) is 13.3. The summed E-state index contributed by atoms with van der Waals surface area (Å²) >= 11 is 6.68. The lowest BCUT2D eigenvalue weighted by Crippen LogP contribution is -2.43. The summed E-state index contributed by atoms with van der Waals surface area (Å²) in [7, 11) is 0. The summed E-state index contributed by atoms with van der Waals surface area (Å²) < 4.78 is 13.2. The van der Waals surface area contributed by atoms with Crippen LogP contribution in [0.1, 0.15) is 53.5 Å². The molecule has 1 amide bonds. The fourth-order valence-electron chi connectivity index (χ4n) is 6.09. The smallest absolute Gasteiger partial charge is 0.408 e. The van der Waals surface area contributed by atoms with Gasteiger partial charge in [-0.2, -0.15) is 5.21 Å². The molecule has 0 aliphatic rings. The largest absolute Gasteiger partial charge is 0.459 e. The Labute approximate surface area is 327 Å². The lowest BCUT2D eigenvalue weighted by molar-refractivity contribution is -0.763. The van der Waals surface area contributed by atoms with Gasteiger partial charge in [0.2, 0.25) is 5.82 Å². The first-order chi connectivity index (χ1) is 27.3. The van der Waals surface area contributed by atoms with Crippen LogP contribution in [0.2, 0.25) is 5.15 Å². The van der Waals surface area contributed by atoms with Gasteiger partial charge in [-0.1, -0.05) is 128 Å². The van der Waals surface area contributed by atoms with Crippen LogP contribution in [0.15, 0.2) is 103 Å². The average Bonchev–Trinajstić information content (AvgIpc) is 3.86. The number of hydrogen-bond acceptors (Lipinski definition) is 11. The van der Waals surface area contributed by atoms with Gasteiger partial charge in [-0.3, -0.25) is 0 Å². The number of carbonyl (C=O) groups is 2. The topological polar surface area (TPSA) is 189 Å². The molecule has 0 bridgehead atoms. The number of esters is 1. The second kappa shape index (κ2) is 19.1. The van der Waals surface area contributed by atoms with Gasteiger partial charge in [0.25, 0.3) is 5.09 Å². The number of tetrazole rings is 1. The van der Waals surface area contributed by atoms with Crippen LogP contribution in [-0.4, -0.2) is 53.4 Å². The highest BCUT2D eigenvalue weighted by atomic mass is 35.5. The number of nitrogens with zero attached hydrogens (tertiary/aromatic N) is 6. The normalized spacial score (nSPS) is 11.5. The Hall–Kier alpha value is -6.61. The van der Waals surface area contributed by atoms with Gasteiger partial charge in [-0.25, -0.2) is 14.6 Å². The molecule has 1 unspecified atom stereocenters. The van der Waals surface area contributed by atoms with Crippen LogP contribution in [-0.2, 0) is 58.3 Å². The third kappa shape index (κ3) is 10.5. The second-order valence-corrected chi connectivity index (χ2v) is 13.2. The molecule has 0 saturated heterocycles. The number of nitrogens with one attached hydrogen (secondary N) is 2. The van der Waals surface area contributed by atoms with Crippen molar-refractivity contribution in [2.75, 3.05) is 0 Å². The summed E-state index contributed by atoms with van der Waals surface area (Å²) in [4.78, 5) is 46.4. The van der Waals surface area contributed by atoms with Gasteiger partial charge >= 0.3 is 12.1 Å². The Bertz CT molecular complexity index is 2230. The number of ether oxygens (including phenoxy) is 2. The zero-order valence-electron chi connectivity index (χ0n) is 30.5. The summed E-state index contributed by atoms with van der Waals surface area (Å²) in [5.41, 5.74) is 6.19. The van der Waals surface area contributed by atoms with Crippen LogP contribution >= 0.6 is 11.6 Å². The Morgan fingerprint density at radius 1 is 0.875 bits per heavy atom. The molecule has 0 aliphatic heterocycles. The number of alkyl carbamates (subject to hydrolysis) is 1. The lowest BCUT2D eigenvalue weighted by atomic mass is 9.98. The molecular weight excluding hydrogens is 740 g/mol. The van der Waals surface area contributed by atoms with E-state index in [2.05, 4.69) is 42.7 Å². The number of aromatic amines is 1. The molecule has 0 saturated carbocycles. The minimum Gasteiger partial charge on any atom is -0.459 e. The van der Waals surface area contributed by atoms with Gasteiger partial charge in [-0.15, -0.1) is 20.3 Å².